The molecule has 1 N–H and O–H groups in total. The topological polar surface area (TPSA) is 46.5 Å². The summed E-state index contributed by atoms with van der Waals surface area (Å²) in [7, 11) is 0. The zero-order valence-corrected chi connectivity index (χ0v) is 10.1. The molecule has 0 aromatic heterocycles. The van der Waals surface area contributed by atoms with Crippen LogP contribution in [0.25, 0.3) is 0 Å². The maximum absolute atomic E-state index is 13.4. The number of halogens is 3. The first kappa shape index (κ1) is 13.3. The zero-order valence-electron chi connectivity index (χ0n) is 9.36. The van der Waals surface area contributed by atoms with Crippen LogP contribution in [-0.2, 0) is 0 Å². The third-order valence-electron chi connectivity index (χ3n) is 2.31. The molecule has 19 heavy (non-hydrogen) atoms. The quantitative estimate of drug-likeness (QED) is 0.922. The van der Waals surface area contributed by atoms with Crippen LogP contribution in [0.5, 0.6) is 11.5 Å². The van der Waals surface area contributed by atoms with Crippen LogP contribution in [-0.4, -0.2) is 11.1 Å². The molecule has 6 heteroatoms. The normalized spacial score (nSPS) is 10.3. The largest absolute Gasteiger partial charge is 0.478 e. The van der Waals surface area contributed by atoms with Crippen molar-refractivity contribution in [3.05, 3.63) is 58.6 Å². The molecular formula is C13H7ClF2O3. The van der Waals surface area contributed by atoms with Gasteiger partial charge in [-0.2, -0.15) is 4.39 Å². The number of rotatable bonds is 3. The molecule has 0 saturated heterocycles. The third-order valence-corrected chi connectivity index (χ3v) is 2.54. The average Bonchev–Trinajstić information content (AvgIpc) is 2.36. The molecule has 0 amide bonds. The van der Waals surface area contributed by atoms with Gasteiger partial charge in [0.2, 0.25) is 5.82 Å². The second kappa shape index (κ2) is 5.24. The molecular weight excluding hydrogens is 278 g/mol. The number of carboxylic acid groups (broad SMARTS) is 1. The highest BCUT2D eigenvalue weighted by Crippen LogP contribution is 2.30. The van der Waals surface area contributed by atoms with Crippen LogP contribution in [0.15, 0.2) is 36.4 Å². The Bertz CT molecular complexity index is 644. The molecule has 0 aliphatic rings. The summed E-state index contributed by atoms with van der Waals surface area (Å²) in [6.45, 7) is 0. The van der Waals surface area contributed by atoms with E-state index in [1.165, 1.54) is 24.3 Å². The van der Waals surface area contributed by atoms with Crippen molar-refractivity contribution in [2.75, 3.05) is 0 Å². The minimum absolute atomic E-state index is 0.124. The van der Waals surface area contributed by atoms with Crippen LogP contribution >= 0.6 is 11.6 Å². The van der Waals surface area contributed by atoms with Gasteiger partial charge in [0, 0.05) is 5.02 Å². The van der Waals surface area contributed by atoms with E-state index in [2.05, 4.69) is 0 Å². The Kier molecular flexibility index (Phi) is 3.66. The molecule has 2 aromatic rings. The number of carboxylic acids is 1. The van der Waals surface area contributed by atoms with Crippen LogP contribution in [0.4, 0.5) is 8.78 Å². The highest BCUT2D eigenvalue weighted by atomic mass is 35.5. The van der Waals surface area contributed by atoms with Gasteiger partial charge >= 0.3 is 5.97 Å². The molecule has 0 aliphatic carbocycles. The molecule has 0 atom stereocenters. The van der Waals surface area contributed by atoms with Gasteiger partial charge in [-0.05, 0) is 30.3 Å². The lowest BCUT2D eigenvalue weighted by Crippen LogP contribution is -2.01. The fraction of sp³-hybridized carbons (Fsp3) is 0. The molecule has 0 radical (unpaired) electrons. The molecule has 98 valence electrons. The van der Waals surface area contributed by atoms with Gasteiger partial charge in [0.15, 0.2) is 11.6 Å². The van der Waals surface area contributed by atoms with Gasteiger partial charge in [-0.25, -0.2) is 9.18 Å². The van der Waals surface area contributed by atoms with E-state index in [4.69, 9.17) is 21.4 Å². The smallest absolute Gasteiger partial charge is 0.339 e. The van der Waals surface area contributed by atoms with E-state index >= 15 is 0 Å². The Balaban J connectivity index is 2.44. The first-order valence-electron chi connectivity index (χ1n) is 5.13. The van der Waals surface area contributed by atoms with Crippen molar-refractivity contribution in [3.63, 3.8) is 0 Å². The molecule has 0 unspecified atom stereocenters. The Morgan fingerprint density at radius 3 is 2.58 bits per heavy atom. The predicted molar refractivity (Wildman–Crippen MR) is 64.8 cm³/mol. The SMILES string of the molecule is O=C(O)c1cc(Cl)ccc1Oc1cccc(F)c1F. The summed E-state index contributed by atoms with van der Waals surface area (Å²) < 4.78 is 31.5. The summed E-state index contributed by atoms with van der Waals surface area (Å²) in [5, 5.41) is 9.18. The van der Waals surface area contributed by atoms with Crippen molar-refractivity contribution in [1.82, 2.24) is 0 Å². The lowest BCUT2D eigenvalue weighted by atomic mass is 10.2. The van der Waals surface area contributed by atoms with E-state index in [1.807, 2.05) is 0 Å². The molecule has 0 fully saturated rings. The number of ether oxygens (including phenoxy) is 1. The van der Waals surface area contributed by atoms with Crippen molar-refractivity contribution >= 4 is 17.6 Å². The standard InChI is InChI=1S/C13H7ClF2O3/c14-7-4-5-10(8(6-7)13(17)18)19-11-3-1-2-9(15)12(11)16/h1-6H,(H,17,18). The van der Waals surface area contributed by atoms with E-state index in [0.717, 1.165) is 12.1 Å². The predicted octanol–water partition coefficient (Wildman–Crippen LogP) is 4.11. The van der Waals surface area contributed by atoms with E-state index in [9.17, 15) is 13.6 Å². The van der Waals surface area contributed by atoms with Crippen LogP contribution in [0.2, 0.25) is 5.02 Å². The van der Waals surface area contributed by atoms with Crippen molar-refractivity contribution in [3.8, 4) is 11.5 Å². The molecule has 0 spiro atoms. The van der Waals surface area contributed by atoms with Crippen molar-refractivity contribution < 1.29 is 23.4 Å². The minimum atomic E-state index is -1.28. The summed E-state index contributed by atoms with van der Waals surface area (Å²) >= 11 is 5.67. The zero-order chi connectivity index (χ0) is 14.0. The van der Waals surface area contributed by atoms with Gasteiger partial charge in [-0.1, -0.05) is 17.7 Å². The molecule has 2 rings (SSSR count). The second-order valence-electron chi connectivity index (χ2n) is 3.60. The van der Waals surface area contributed by atoms with Gasteiger partial charge in [-0.3, -0.25) is 0 Å². The number of hydrogen-bond acceptors (Lipinski definition) is 2. The van der Waals surface area contributed by atoms with Gasteiger partial charge in [0.25, 0.3) is 0 Å². The molecule has 2 aromatic carbocycles. The van der Waals surface area contributed by atoms with Crippen LogP contribution in [0.3, 0.4) is 0 Å². The average molecular weight is 285 g/mol. The third kappa shape index (κ3) is 2.82. The molecule has 0 aliphatic heterocycles. The number of carbonyl (C=O) groups is 1. The summed E-state index contributed by atoms with van der Waals surface area (Å²) in [6.07, 6.45) is 0. The van der Waals surface area contributed by atoms with Gasteiger partial charge < -0.3 is 9.84 Å². The summed E-state index contributed by atoms with van der Waals surface area (Å²) in [5.74, 6) is -4.07. The Morgan fingerprint density at radius 1 is 1.16 bits per heavy atom. The first-order valence-corrected chi connectivity index (χ1v) is 5.51. The molecule has 3 nitrogen and oxygen atoms in total. The van der Waals surface area contributed by atoms with E-state index in [-0.39, 0.29) is 16.3 Å². The van der Waals surface area contributed by atoms with E-state index in [1.54, 1.807) is 0 Å². The lowest BCUT2D eigenvalue weighted by Gasteiger charge is -2.09. The summed E-state index contributed by atoms with van der Waals surface area (Å²) in [5.41, 5.74) is -0.240. The van der Waals surface area contributed by atoms with Crippen LogP contribution < -0.4 is 4.74 Å². The van der Waals surface area contributed by atoms with E-state index < -0.39 is 23.4 Å². The van der Waals surface area contributed by atoms with Crippen LogP contribution in [0.1, 0.15) is 10.4 Å². The second-order valence-corrected chi connectivity index (χ2v) is 4.04. The van der Waals surface area contributed by atoms with Gasteiger partial charge in [0.05, 0.1) is 0 Å². The van der Waals surface area contributed by atoms with Crippen LogP contribution in [0, 0.1) is 11.6 Å². The Hall–Kier alpha value is -2.14. The highest BCUT2D eigenvalue weighted by molar-refractivity contribution is 6.31. The fourth-order valence-corrected chi connectivity index (χ4v) is 1.61. The van der Waals surface area contributed by atoms with Crippen molar-refractivity contribution in [2.24, 2.45) is 0 Å². The molecule has 0 saturated carbocycles. The number of benzene rings is 2. The summed E-state index contributed by atoms with van der Waals surface area (Å²) in [4.78, 5) is 11.0. The van der Waals surface area contributed by atoms with Crippen molar-refractivity contribution in [2.45, 2.75) is 0 Å². The maximum atomic E-state index is 13.4. The lowest BCUT2D eigenvalue weighted by molar-refractivity contribution is 0.0694. The first-order chi connectivity index (χ1) is 8.99. The Labute approximate surface area is 112 Å². The van der Waals surface area contributed by atoms with E-state index in [0.29, 0.717) is 0 Å². The highest BCUT2D eigenvalue weighted by Gasteiger charge is 2.15. The molecule has 0 heterocycles. The van der Waals surface area contributed by atoms with Crippen molar-refractivity contribution in [1.29, 1.82) is 0 Å². The maximum Gasteiger partial charge on any atom is 0.339 e. The summed E-state index contributed by atoms with van der Waals surface area (Å²) in [6, 6.07) is 7.21. The number of hydrogen-bond donors (Lipinski definition) is 1. The van der Waals surface area contributed by atoms with Gasteiger partial charge in [-0.15, -0.1) is 0 Å². The fourth-order valence-electron chi connectivity index (χ4n) is 1.44. The Morgan fingerprint density at radius 2 is 1.89 bits per heavy atom. The minimum Gasteiger partial charge on any atom is -0.478 e. The molecule has 0 bridgehead atoms. The number of aromatic carboxylic acids is 1. The van der Waals surface area contributed by atoms with Gasteiger partial charge in [0.1, 0.15) is 11.3 Å². The monoisotopic (exact) mass is 284 g/mol.